The summed E-state index contributed by atoms with van der Waals surface area (Å²) in [7, 11) is -4.17. The van der Waals surface area contributed by atoms with Crippen molar-refractivity contribution >= 4 is 33.8 Å². The van der Waals surface area contributed by atoms with E-state index in [0.717, 1.165) is 0 Å². The average Bonchev–Trinajstić information content (AvgIpc) is 2.19. The molecule has 20 heavy (non-hydrogen) atoms. The lowest BCUT2D eigenvalue weighted by Crippen LogP contribution is -2.50. The van der Waals surface area contributed by atoms with Gasteiger partial charge in [-0.1, -0.05) is 6.92 Å². The lowest BCUT2D eigenvalue weighted by molar-refractivity contribution is -0.136. The molecule has 1 unspecified atom stereocenters. The Morgan fingerprint density at radius 2 is 1.90 bits per heavy atom. The molecule has 0 heterocycles. The number of carbonyl (C=O) groups is 2. The zero-order chi connectivity index (χ0) is 16.0. The maximum atomic E-state index is 11.9. The fraction of sp³-hybridized carbons (Fsp3) is 0.818. The number of thioether (sulfide) groups is 1. The second-order valence-corrected chi connectivity index (χ2v) is 7.82. The van der Waals surface area contributed by atoms with Crippen LogP contribution in [0.15, 0.2) is 0 Å². The molecule has 0 aliphatic heterocycles. The number of aliphatic carboxylic acids is 1. The first-order chi connectivity index (χ1) is 8.93. The number of hydrogen-bond donors (Lipinski definition) is 3. The number of nitrogens with one attached hydrogen (secondary N) is 1. The topological polar surface area (TPSA) is 121 Å². The molecule has 0 saturated heterocycles. The van der Waals surface area contributed by atoms with E-state index in [2.05, 4.69) is 5.32 Å². The minimum atomic E-state index is -4.17. The number of carbonyl (C=O) groups excluding carboxylic acids is 1. The Hall–Kier alpha value is -0.800. The number of hydrogen-bond acceptors (Lipinski definition) is 5. The molecule has 0 radical (unpaired) electrons. The molecule has 118 valence electrons. The smallest absolute Gasteiger partial charge is 0.304 e. The summed E-state index contributed by atoms with van der Waals surface area (Å²) in [6, 6.07) is 0. The van der Waals surface area contributed by atoms with Gasteiger partial charge in [-0.2, -0.15) is 20.2 Å². The third kappa shape index (κ3) is 10.0. The van der Waals surface area contributed by atoms with E-state index in [4.69, 9.17) is 9.66 Å². The normalized spacial score (nSPS) is 13.8. The van der Waals surface area contributed by atoms with Gasteiger partial charge in [0.2, 0.25) is 5.91 Å². The molecular formula is C11H21NO6S2. The lowest BCUT2D eigenvalue weighted by atomic mass is 10.1. The van der Waals surface area contributed by atoms with Crippen LogP contribution in [-0.4, -0.2) is 52.8 Å². The minimum Gasteiger partial charge on any atom is -0.481 e. The summed E-state index contributed by atoms with van der Waals surface area (Å²) >= 11 is 1.35. The summed E-state index contributed by atoms with van der Waals surface area (Å²) in [5.74, 6) is -1.30. The van der Waals surface area contributed by atoms with Crippen molar-refractivity contribution in [1.82, 2.24) is 5.32 Å². The number of amides is 1. The molecule has 1 amide bonds. The summed E-state index contributed by atoms with van der Waals surface area (Å²) in [6.45, 7) is 4.68. The Morgan fingerprint density at radius 1 is 1.35 bits per heavy atom. The highest BCUT2D eigenvalue weighted by molar-refractivity contribution is 7.99. The molecule has 0 aromatic rings. The first-order valence-electron chi connectivity index (χ1n) is 6.00. The van der Waals surface area contributed by atoms with Gasteiger partial charge in [-0.25, -0.2) is 0 Å². The molecule has 1 atom stereocenters. The number of rotatable bonds is 9. The van der Waals surface area contributed by atoms with Gasteiger partial charge in [-0.05, 0) is 13.8 Å². The van der Waals surface area contributed by atoms with Crippen molar-refractivity contribution in [3.63, 3.8) is 0 Å². The van der Waals surface area contributed by atoms with E-state index < -0.39 is 27.4 Å². The molecule has 3 N–H and O–H groups in total. The summed E-state index contributed by atoms with van der Waals surface area (Å²) < 4.78 is 30.4. The van der Waals surface area contributed by atoms with Crippen LogP contribution in [0.4, 0.5) is 0 Å². The third-order valence-electron chi connectivity index (χ3n) is 2.28. The largest absolute Gasteiger partial charge is 0.481 e. The van der Waals surface area contributed by atoms with Gasteiger partial charge in [0.15, 0.2) is 0 Å². The zero-order valence-corrected chi connectivity index (χ0v) is 13.4. The second-order valence-electron chi connectivity index (χ2n) is 5.22. The van der Waals surface area contributed by atoms with Gasteiger partial charge in [-0.3, -0.25) is 14.1 Å². The van der Waals surface area contributed by atoms with Gasteiger partial charge in [0.05, 0.1) is 17.7 Å². The summed E-state index contributed by atoms with van der Waals surface area (Å²) in [4.78, 5) is 22.2. The Kier molecular flexibility index (Phi) is 7.53. The van der Waals surface area contributed by atoms with Gasteiger partial charge in [-0.15, -0.1) is 0 Å². The Morgan fingerprint density at radius 3 is 2.35 bits per heavy atom. The Balaban J connectivity index is 4.21. The number of carboxylic acids is 1. The van der Waals surface area contributed by atoms with Gasteiger partial charge >= 0.3 is 5.97 Å². The van der Waals surface area contributed by atoms with Crippen molar-refractivity contribution in [2.75, 3.05) is 17.3 Å². The summed E-state index contributed by atoms with van der Waals surface area (Å²) in [5, 5.41) is 11.0. The van der Waals surface area contributed by atoms with Crippen molar-refractivity contribution in [3.8, 4) is 0 Å². The van der Waals surface area contributed by atoms with Crippen LogP contribution >= 0.6 is 11.8 Å². The van der Waals surface area contributed by atoms with E-state index in [1.54, 1.807) is 6.92 Å². The molecule has 7 nitrogen and oxygen atoms in total. The molecule has 0 aliphatic rings. The van der Waals surface area contributed by atoms with E-state index in [9.17, 15) is 18.0 Å². The van der Waals surface area contributed by atoms with E-state index in [1.165, 1.54) is 25.6 Å². The maximum absolute atomic E-state index is 11.9. The van der Waals surface area contributed by atoms with Crippen molar-refractivity contribution in [1.29, 1.82) is 0 Å². The Labute approximate surface area is 123 Å². The van der Waals surface area contributed by atoms with Gasteiger partial charge in [0.1, 0.15) is 0 Å². The van der Waals surface area contributed by atoms with Crippen molar-refractivity contribution in [2.45, 2.75) is 32.7 Å². The molecule has 0 spiro atoms. The average molecular weight is 327 g/mol. The van der Waals surface area contributed by atoms with E-state index in [0.29, 0.717) is 11.5 Å². The molecular weight excluding hydrogens is 306 g/mol. The van der Waals surface area contributed by atoms with Crippen LogP contribution in [-0.2, 0) is 19.7 Å². The fourth-order valence-electron chi connectivity index (χ4n) is 1.44. The molecule has 0 aliphatic carbocycles. The predicted molar refractivity (Wildman–Crippen MR) is 77.4 cm³/mol. The Bertz CT molecular complexity index is 446. The monoisotopic (exact) mass is 327 g/mol. The van der Waals surface area contributed by atoms with Crippen LogP contribution in [0.25, 0.3) is 0 Å². The van der Waals surface area contributed by atoms with Crippen LogP contribution in [0.5, 0.6) is 0 Å². The van der Waals surface area contributed by atoms with E-state index in [-0.39, 0.29) is 18.2 Å². The third-order valence-corrected chi connectivity index (χ3v) is 4.60. The molecule has 0 aromatic heterocycles. The van der Waals surface area contributed by atoms with Crippen molar-refractivity contribution < 1.29 is 27.7 Å². The summed E-state index contributed by atoms with van der Waals surface area (Å²) in [6.07, 6.45) is 0.0350. The van der Waals surface area contributed by atoms with Gasteiger partial charge in [0.25, 0.3) is 10.1 Å². The zero-order valence-electron chi connectivity index (χ0n) is 11.7. The standard InChI is InChI=1S/C11H21NO6S2/c1-8(6-19-5-4-9(13)14)10(15)12-11(2,3)7-20(16,17)18/h8H,4-7H2,1-3H3,(H,12,15)(H,13,14)(H,16,17,18). The molecule has 0 aromatic carbocycles. The first kappa shape index (κ1) is 19.2. The quantitative estimate of drug-likeness (QED) is 0.419. The van der Waals surface area contributed by atoms with E-state index >= 15 is 0 Å². The second kappa shape index (κ2) is 7.84. The van der Waals surface area contributed by atoms with Gasteiger partial charge < -0.3 is 10.4 Å². The van der Waals surface area contributed by atoms with Crippen LogP contribution in [0.2, 0.25) is 0 Å². The fourth-order valence-corrected chi connectivity index (χ4v) is 3.42. The maximum Gasteiger partial charge on any atom is 0.304 e. The molecule has 9 heteroatoms. The molecule has 0 saturated carbocycles. The summed E-state index contributed by atoms with van der Waals surface area (Å²) in [5.41, 5.74) is -1.06. The number of carboxylic acid groups (broad SMARTS) is 1. The molecule has 0 bridgehead atoms. The van der Waals surface area contributed by atoms with Crippen LogP contribution in [0.3, 0.4) is 0 Å². The van der Waals surface area contributed by atoms with Crippen LogP contribution < -0.4 is 5.32 Å². The first-order valence-corrected chi connectivity index (χ1v) is 8.76. The van der Waals surface area contributed by atoms with Crippen LogP contribution in [0.1, 0.15) is 27.2 Å². The predicted octanol–water partition coefficient (Wildman–Crippen LogP) is 0.613. The van der Waals surface area contributed by atoms with Crippen molar-refractivity contribution in [3.05, 3.63) is 0 Å². The van der Waals surface area contributed by atoms with Crippen LogP contribution in [0, 0.1) is 5.92 Å². The van der Waals surface area contributed by atoms with E-state index in [1.807, 2.05) is 0 Å². The van der Waals surface area contributed by atoms with Crippen molar-refractivity contribution in [2.24, 2.45) is 5.92 Å². The minimum absolute atomic E-state index is 0.0350. The SMILES string of the molecule is CC(CSCCC(=O)O)C(=O)NC(C)(C)CS(=O)(=O)O. The van der Waals surface area contributed by atoms with Gasteiger partial charge in [0, 0.05) is 17.4 Å². The molecule has 0 fully saturated rings. The molecule has 0 rings (SSSR count). The highest BCUT2D eigenvalue weighted by Crippen LogP contribution is 2.12. The highest BCUT2D eigenvalue weighted by Gasteiger charge is 2.28. The highest BCUT2D eigenvalue weighted by atomic mass is 32.2. The lowest BCUT2D eigenvalue weighted by Gasteiger charge is -2.26.